The van der Waals surface area contributed by atoms with Gasteiger partial charge in [0.25, 0.3) is 5.91 Å². The van der Waals surface area contributed by atoms with Gasteiger partial charge in [0.1, 0.15) is 17.3 Å². The molecule has 1 atom stereocenters. The van der Waals surface area contributed by atoms with Crippen molar-refractivity contribution >= 4 is 35.6 Å². The number of carboxylic acid groups (broad SMARTS) is 1. The largest absolute Gasteiger partial charge is 0.465 e. The van der Waals surface area contributed by atoms with E-state index in [-0.39, 0.29) is 47.7 Å². The van der Waals surface area contributed by atoms with Gasteiger partial charge in [-0.3, -0.25) is 19.4 Å². The van der Waals surface area contributed by atoms with E-state index in [9.17, 15) is 29.1 Å². The molecular formula is C42H52N10O7. The first-order valence-corrected chi connectivity index (χ1v) is 20.0. The third-order valence-electron chi connectivity index (χ3n) is 10.7. The summed E-state index contributed by atoms with van der Waals surface area (Å²) in [4.78, 5) is 69.7. The molecule has 0 unspecified atom stereocenters. The van der Waals surface area contributed by atoms with Gasteiger partial charge in [0.15, 0.2) is 0 Å². The van der Waals surface area contributed by atoms with E-state index in [0.29, 0.717) is 56.8 Å². The molecule has 1 saturated heterocycles. The summed E-state index contributed by atoms with van der Waals surface area (Å²) in [6, 6.07) is 15.4. The van der Waals surface area contributed by atoms with Crippen LogP contribution in [0.2, 0.25) is 0 Å². The standard InChI is InChI=1S/C42H52N10O7/c1-25-21-34(38(54)46-32-17-19-52(20-18-32)41(57)58)43-24-33(25)28-9-5-26(6-10-28)22-35(39(55)45-31-15-13-29(14-16-31)36-48-50-51-49-36)47-37(53)30-11-7-27(8-12-30)23-44-40(56)59-42(2,3)4/h5-6,9-10,13-16,21,24,27,30,32,35H,7-8,11-12,17-20,22-23H2,1-4H3,(H,44,56)(H,45,55)(H,46,54)(H,47,53)(H,57,58)(H,48,49,50,51)/t27?,30?,35-/m0/s1. The second-order valence-corrected chi connectivity index (χ2v) is 16.3. The molecule has 2 aromatic heterocycles. The minimum Gasteiger partial charge on any atom is -0.465 e. The molecule has 0 spiro atoms. The van der Waals surface area contributed by atoms with Crippen molar-refractivity contribution in [3.63, 3.8) is 0 Å². The molecule has 1 aliphatic heterocycles. The van der Waals surface area contributed by atoms with Gasteiger partial charge in [0, 0.05) is 61.0 Å². The van der Waals surface area contributed by atoms with Crippen molar-refractivity contribution < 1.29 is 33.8 Å². The molecular weight excluding hydrogens is 757 g/mol. The fourth-order valence-corrected chi connectivity index (χ4v) is 7.40. The smallest absolute Gasteiger partial charge is 0.407 e. The van der Waals surface area contributed by atoms with Gasteiger partial charge in [-0.05, 0) is 124 Å². The van der Waals surface area contributed by atoms with E-state index in [1.807, 2.05) is 52.0 Å². The Balaban J connectivity index is 1.09. The second kappa shape index (κ2) is 18.9. The van der Waals surface area contributed by atoms with Crippen LogP contribution < -0.4 is 21.3 Å². The number of piperidine rings is 1. The number of H-pyrrole nitrogens is 1. The summed E-state index contributed by atoms with van der Waals surface area (Å²) in [7, 11) is 0. The second-order valence-electron chi connectivity index (χ2n) is 16.3. The molecule has 0 bridgehead atoms. The SMILES string of the molecule is Cc1cc(C(=O)NC2CCN(C(=O)O)CC2)ncc1-c1ccc(C[C@H](NC(=O)C2CCC(CNC(=O)OC(C)(C)C)CC2)C(=O)Nc2ccc(-c3nn[nH]n3)cc2)cc1. The molecule has 2 aliphatic rings. The number of likely N-dealkylation sites (tertiary alicyclic amines) is 1. The number of amides is 5. The van der Waals surface area contributed by atoms with Crippen molar-refractivity contribution in [2.75, 3.05) is 25.0 Å². The van der Waals surface area contributed by atoms with Gasteiger partial charge in [0.2, 0.25) is 17.6 Å². The van der Waals surface area contributed by atoms with Gasteiger partial charge < -0.3 is 36.0 Å². The highest BCUT2D eigenvalue weighted by molar-refractivity contribution is 5.98. The first-order chi connectivity index (χ1) is 28.2. The molecule has 1 saturated carbocycles. The Bertz CT molecular complexity index is 2090. The number of pyridine rings is 1. The van der Waals surface area contributed by atoms with E-state index >= 15 is 0 Å². The average molecular weight is 809 g/mol. The minimum absolute atomic E-state index is 0.124. The van der Waals surface area contributed by atoms with Crippen molar-refractivity contribution in [1.29, 1.82) is 0 Å². The Morgan fingerprint density at radius 2 is 1.61 bits per heavy atom. The number of nitrogens with one attached hydrogen (secondary N) is 5. The lowest BCUT2D eigenvalue weighted by Gasteiger charge is -2.30. The molecule has 6 N–H and O–H groups in total. The maximum atomic E-state index is 13.9. The maximum Gasteiger partial charge on any atom is 0.407 e. The molecule has 0 radical (unpaired) electrons. The number of alkyl carbamates (subject to hydrolysis) is 1. The first kappa shape index (κ1) is 42.2. The van der Waals surface area contributed by atoms with E-state index in [2.05, 4.69) is 46.9 Å². The van der Waals surface area contributed by atoms with E-state index in [0.717, 1.165) is 40.7 Å². The van der Waals surface area contributed by atoms with Crippen LogP contribution in [0.25, 0.3) is 22.5 Å². The molecule has 2 aromatic carbocycles. The number of hydrogen-bond acceptors (Lipinski definition) is 10. The summed E-state index contributed by atoms with van der Waals surface area (Å²) < 4.78 is 5.35. The fourth-order valence-electron chi connectivity index (χ4n) is 7.40. The highest BCUT2D eigenvalue weighted by Gasteiger charge is 2.31. The van der Waals surface area contributed by atoms with E-state index in [1.54, 1.807) is 36.5 Å². The van der Waals surface area contributed by atoms with E-state index in [1.165, 1.54) is 4.90 Å². The van der Waals surface area contributed by atoms with Gasteiger partial charge in [-0.25, -0.2) is 9.59 Å². The summed E-state index contributed by atoms with van der Waals surface area (Å²) in [5, 5.41) is 35.0. The molecule has 2 fully saturated rings. The molecule has 17 nitrogen and oxygen atoms in total. The monoisotopic (exact) mass is 808 g/mol. The van der Waals surface area contributed by atoms with Gasteiger partial charge >= 0.3 is 12.2 Å². The van der Waals surface area contributed by atoms with Crippen molar-refractivity contribution in [2.45, 2.75) is 90.3 Å². The Labute approximate surface area is 342 Å². The quantitative estimate of drug-likeness (QED) is 0.110. The number of aromatic nitrogens is 5. The van der Waals surface area contributed by atoms with Crippen molar-refractivity contribution in [1.82, 2.24) is 46.5 Å². The van der Waals surface area contributed by atoms with Crippen molar-refractivity contribution in [2.24, 2.45) is 11.8 Å². The highest BCUT2D eigenvalue weighted by atomic mass is 16.6. The van der Waals surface area contributed by atoms with Crippen LogP contribution in [0.1, 0.15) is 80.9 Å². The molecule has 312 valence electrons. The zero-order valence-corrected chi connectivity index (χ0v) is 33.8. The Morgan fingerprint density at radius 3 is 2.22 bits per heavy atom. The third kappa shape index (κ3) is 11.8. The van der Waals surface area contributed by atoms with Crippen LogP contribution in [0.3, 0.4) is 0 Å². The number of carbonyl (C=O) groups excluding carboxylic acids is 4. The summed E-state index contributed by atoms with van der Waals surface area (Å²) in [6.07, 6.45) is 4.35. The van der Waals surface area contributed by atoms with Crippen LogP contribution in [-0.4, -0.2) is 103 Å². The highest BCUT2D eigenvalue weighted by Crippen LogP contribution is 2.29. The van der Waals surface area contributed by atoms with Crippen LogP contribution >= 0.6 is 0 Å². The Kier molecular flexibility index (Phi) is 13.5. The van der Waals surface area contributed by atoms with Crippen LogP contribution in [0.15, 0.2) is 60.8 Å². The van der Waals surface area contributed by atoms with Gasteiger partial charge in [-0.15, -0.1) is 10.2 Å². The zero-order chi connectivity index (χ0) is 42.1. The maximum absolute atomic E-state index is 13.9. The van der Waals surface area contributed by atoms with Gasteiger partial charge in [-0.1, -0.05) is 24.3 Å². The summed E-state index contributed by atoms with van der Waals surface area (Å²) in [6.45, 7) is 8.57. The fraction of sp³-hybridized carbons (Fsp3) is 0.452. The minimum atomic E-state index is -0.953. The number of anilines is 1. The topological polar surface area (TPSA) is 234 Å². The molecule has 59 heavy (non-hydrogen) atoms. The lowest BCUT2D eigenvalue weighted by atomic mass is 9.81. The summed E-state index contributed by atoms with van der Waals surface area (Å²) in [5.41, 5.74) is 4.35. The number of hydrogen-bond donors (Lipinski definition) is 6. The Morgan fingerprint density at radius 1 is 0.932 bits per heavy atom. The third-order valence-corrected chi connectivity index (χ3v) is 10.7. The normalized spacial score (nSPS) is 17.7. The lowest BCUT2D eigenvalue weighted by molar-refractivity contribution is -0.130. The zero-order valence-electron chi connectivity index (χ0n) is 33.8. The van der Waals surface area contributed by atoms with Crippen LogP contribution in [0.5, 0.6) is 0 Å². The average Bonchev–Trinajstić information content (AvgIpc) is 3.76. The summed E-state index contributed by atoms with van der Waals surface area (Å²) in [5.74, 6) is -0.490. The molecule has 1 aliphatic carbocycles. The number of carbonyl (C=O) groups is 5. The van der Waals surface area contributed by atoms with Crippen molar-refractivity contribution in [3.8, 4) is 22.5 Å². The number of ether oxygens (including phenoxy) is 1. The number of aryl methyl sites for hydroxylation is 1. The predicted molar refractivity (Wildman–Crippen MR) is 218 cm³/mol. The molecule has 5 amide bonds. The number of rotatable bonds is 12. The molecule has 3 heterocycles. The number of aromatic amines is 1. The molecule has 17 heteroatoms. The van der Waals surface area contributed by atoms with Crippen LogP contribution in [-0.2, 0) is 20.7 Å². The summed E-state index contributed by atoms with van der Waals surface area (Å²) >= 11 is 0. The van der Waals surface area contributed by atoms with Gasteiger partial charge in [-0.2, -0.15) is 5.21 Å². The van der Waals surface area contributed by atoms with Crippen molar-refractivity contribution in [3.05, 3.63) is 77.6 Å². The number of nitrogens with zero attached hydrogens (tertiary/aromatic N) is 5. The number of tetrazole rings is 1. The van der Waals surface area contributed by atoms with E-state index < -0.39 is 23.8 Å². The lowest BCUT2D eigenvalue weighted by Crippen LogP contribution is -2.48. The van der Waals surface area contributed by atoms with Gasteiger partial charge in [0.05, 0.1) is 0 Å². The van der Waals surface area contributed by atoms with E-state index in [4.69, 9.17) is 4.74 Å². The number of benzene rings is 2. The Hall–Kier alpha value is -6.39. The molecule has 6 rings (SSSR count). The molecule has 4 aromatic rings. The van der Waals surface area contributed by atoms with Crippen LogP contribution in [0, 0.1) is 18.8 Å². The van der Waals surface area contributed by atoms with Crippen LogP contribution in [0.4, 0.5) is 15.3 Å². The predicted octanol–water partition coefficient (Wildman–Crippen LogP) is 5.11. The first-order valence-electron chi connectivity index (χ1n) is 20.0.